The highest BCUT2D eigenvalue weighted by molar-refractivity contribution is 5.90. The van der Waals surface area contributed by atoms with Crippen LogP contribution in [0.1, 0.15) is 12.8 Å². The number of halogens is 2. The Bertz CT molecular complexity index is 700. The van der Waals surface area contributed by atoms with Gasteiger partial charge in [0, 0.05) is 23.5 Å². The molecular formula is C17H24Cl2N6O. The van der Waals surface area contributed by atoms with Gasteiger partial charge < -0.3 is 27.8 Å². The first kappa shape index (κ1) is 23.5. The van der Waals surface area contributed by atoms with Crippen molar-refractivity contribution in [3.05, 3.63) is 48.5 Å². The monoisotopic (exact) mass is 398 g/mol. The van der Waals surface area contributed by atoms with Crippen LogP contribution in [0.3, 0.4) is 0 Å². The summed E-state index contributed by atoms with van der Waals surface area (Å²) in [6.07, 6.45) is 1.11. The molecule has 0 aliphatic carbocycles. The molecule has 0 atom stereocenters. The van der Waals surface area contributed by atoms with Crippen molar-refractivity contribution in [3.8, 4) is 0 Å². The van der Waals surface area contributed by atoms with E-state index in [0.717, 1.165) is 17.1 Å². The third-order valence-electron chi connectivity index (χ3n) is 3.19. The van der Waals surface area contributed by atoms with E-state index in [1.165, 1.54) is 0 Å². The summed E-state index contributed by atoms with van der Waals surface area (Å²) in [5, 5.41) is 6.09. The second kappa shape index (κ2) is 12.0. The van der Waals surface area contributed by atoms with Gasteiger partial charge in [0.05, 0.1) is 5.69 Å². The SMILES string of the molecule is Cl.Cl.NCCCC(=O)Nc1ccc(Nc2ccc(N=C(N)N)cc2)cc1. The van der Waals surface area contributed by atoms with E-state index in [0.29, 0.717) is 25.1 Å². The van der Waals surface area contributed by atoms with Gasteiger partial charge >= 0.3 is 0 Å². The van der Waals surface area contributed by atoms with Crippen LogP contribution < -0.4 is 27.8 Å². The summed E-state index contributed by atoms with van der Waals surface area (Å²) in [5.74, 6) is -0.00344. The average Bonchev–Trinajstić information content (AvgIpc) is 2.56. The van der Waals surface area contributed by atoms with E-state index in [4.69, 9.17) is 17.2 Å². The summed E-state index contributed by atoms with van der Waals surface area (Å²) in [6.45, 7) is 0.512. The second-order valence-electron chi connectivity index (χ2n) is 5.23. The maximum atomic E-state index is 11.6. The predicted molar refractivity (Wildman–Crippen MR) is 113 cm³/mol. The number of guanidine groups is 1. The molecule has 2 aromatic carbocycles. The van der Waals surface area contributed by atoms with Crippen LogP contribution >= 0.6 is 24.8 Å². The first-order valence-corrected chi connectivity index (χ1v) is 7.63. The van der Waals surface area contributed by atoms with Crippen LogP contribution in [-0.2, 0) is 4.79 Å². The second-order valence-corrected chi connectivity index (χ2v) is 5.23. The maximum absolute atomic E-state index is 11.6. The number of hydrogen-bond acceptors (Lipinski definition) is 4. The van der Waals surface area contributed by atoms with Crippen LogP contribution in [0.15, 0.2) is 53.5 Å². The van der Waals surface area contributed by atoms with E-state index in [1.54, 1.807) is 0 Å². The third-order valence-corrected chi connectivity index (χ3v) is 3.19. The number of benzene rings is 2. The summed E-state index contributed by atoms with van der Waals surface area (Å²) in [6, 6.07) is 14.9. The van der Waals surface area contributed by atoms with Crippen LogP contribution in [0, 0.1) is 0 Å². The smallest absolute Gasteiger partial charge is 0.224 e. The Labute approximate surface area is 165 Å². The quantitative estimate of drug-likeness (QED) is 0.361. The molecule has 142 valence electrons. The largest absolute Gasteiger partial charge is 0.370 e. The molecular weight excluding hydrogens is 375 g/mol. The molecule has 0 fully saturated rings. The number of aliphatic imine (C=N–C) groups is 1. The number of carbonyl (C=O) groups is 1. The van der Waals surface area contributed by atoms with Gasteiger partial charge in [-0.2, -0.15) is 0 Å². The first-order chi connectivity index (χ1) is 11.6. The molecule has 9 heteroatoms. The number of anilines is 3. The minimum Gasteiger partial charge on any atom is -0.370 e. The molecule has 0 aliphatic rings. The van der Waals surface area contributed by atoms with E-state index in [9.17, 15) is 4.79 Å². The molecule has 0 bridgehead atoms. The molecule has 2 rings (SSSR count). The third kappa shape index (κ3) is 8.06. The van der Waals surface area contributed by atoms with Gasteiger partial charge in [-0.15, -0.1) is 24.8 Å². The number of nitrogens with one attached hydrogen (secondary N) is 2. The Balaban J connectivity index is 0.00000312. The Morgan fingerprint density at radius 3 is 1.88 bits per heavy atom. The summed E-state index contributed by atoms with van der Waals surface area (Å²) in [7, 11) is 0. The van der Waals surface area contributed by atoms with E-state index < -0.39 is 0 Å². The fourth-order valence-corrected chi connectivity index (χ4v) is 2.06. The van der Waals surface area contributed by atoms with Crippen molar-refractivity contribution in [2.75, 3.05) is 17.2 Å². The van der Waals surface area contributed by atoms with E-state index in [-0.39, 0.29) is 36.7 Å². The van der Waals surface area contributed by atoms with Crippen LogP contribution in [0.4, 0.5) is 22.7 Å². The molecule has 0 spiro atoms. The van der Waals surface area contributed by atoms with Gasteiger partial charge in [0.15, 0.2) is 5.96 Å². The average molecular weight is 399 g/mol. The summed E-state index contributed by atoms with van der Waals surface area (Å²) < 4.78 is 0. The van der Waals surface area contributed by atoms with Gasteiger partial charge in [0.1, 0.15) is 0 Å². The Hall–Kier alpha value is -2.48. The van der Waals surface area contributed by atoms with Crippen molar-refractivity contribution in [3.63, 3.8) is 0 Å². The van der Waals surface area contributed by atoms with Gasteiger partial charge in [-0.1, -0.05) is 0 Å². The van der Waals surface area contributed by atoms with Crippen LogP contribution in [0.25, 0.3) is 0 Å². The molecule has 0 saturated heterocycles. The maximum Gasteiger partial charge on any atom is 0.224 e. The lowest BCUT2D eigenvalue weighted by atomic mass is 10.2. The van der Waals surface area contributed by atoms with Crippen LogP contribution in [0.2, 0.25) is 0 Å². The number of rotatable bonds is 7. The standard InChI is InChI=1S/C17H22N6O.2ClH/c18-11-1-2-16(24)22-14-7-3-12(4-8-14)21-13-5-9-15(10-6-13)23-17(19)20;;/h3-10,21H,1-2,11,18H2,(H,22,24)(H4,19,20,23);2*1H. The zero-order valence-corrected chi connectivity index (χ0v) is 15.8. The van der Waals surface area contributed by atoms with Gasteiger partial charge in [-0.25, -0.2) is 4.99 Å². The highest BCUT2D eigenvalue weighted by atomic mass is 35.5. The zero-order chi connectivity index (χ0) is 17.4. The van der Waals surface area contributed by atoms with Crippen molar-refractivity contribution < 1.29 is 4.79 Å². The zero-order valence-electron chi connectivity index (χ0n) is 14.1. The summed E-state index contributed by atoms with van der Waals surface area (Å²) in [5.41, 5.74) is 19.3. The molecule has 1 amide bonds. The lowest BCUT2D eigenvalue weighted by molar-refractivity contribution is -0.116. The van der Waals surface area contributed by atoms with Gasteiger partial charge in [0.25, 0.3) is 0 Å². The van der Waals surface area contributed by atoms with Crippen molar-refractivity contribution in [1.29, 1.82) is 0 Å². The van der Waals surface area contributed by atoms with Gasteiger partial charge in [-0.3, -0.25) is 4.79 Å². The molecule has 7 nitrogen and oxygen atoms in total. The van der Waals surface area contributed by atoms with Crippen molar-refractivity contribution >= 4 is 59.4 Å². The van der Waals surface area contributed by atoms with Gasteiger partial charge in [-0.05, 0) is 61.5 Å². The lowest BCUT2D eigenvalue weighted by Gasteiger charge is -2.09. The van der Waals surface area contributed by atoms with Crippen molar-refractivity contribution in [2.45, 2.75) is 12.8 Å². The first-order valence-electron chi connectivity index (χ1n) is 7.63. The molecule has 26 heavy (non-hydrogen) atoms. The fraction of sp³-hybridized carbons (Fsp3) is 0.176. The van der Waals surface area contributed by atoms with E-state index in [2.05, 4.69) is 15.6 Å². The predicted octanol–water partition coefficient (Wildman–Crippen LogP) is 2.86. The highest BCUT2D eigenvalue weighted by Gasteiger charge is 2.02. The molecule has 0 saturated carbocycles. The lowest BCUT2D eigenvalue weighted by Crippen LogP contribution is -2.21. The minimum absolute atomic E-state index is 0. The number of nitrogens with zero attached hydrogens (tertiary/aromatic N) is 1. The molecule has 8 N–H and O–H groups in total. The van der Waals surface area contributed by atoms with E-state index >= 15 is 0 Å². The molecule has 0 heterocycles. The highest BCUT2D eigenvalue weighted by Crippen LogP contribution is 2.21. The molecule has 2 aromatic rings. The van der Waals surface area contributed by atoms with Crippen molar-refractivity contribution in [1.82, 2.24) is 0 Å². The Morgan fingerprint density at radius 2 is 1.38 bits per heavy atom. The minimum atomic E-state index is -0.0310. The topological polar surface area (TPSA) is 132 Å². The molecule has 0 radical (unpaired) electrons. The van der Waals surface area contributed by atoms with Crippen LogP contribution in [-0.4, -0.2) is 18.4 Å². The Kier molecular flexibility index (Phi) is 10.8. The summed E-state index contributed by atoms with van der Waals surface area (Å²) in [4.78, 5) is 15.6. The molecule has 0 aromatic heterocycles. The number of carbonyl (C=O) groups excluding carboxylic acids is 1. The van der Waals surface area contributed by atoms with Gasteiger partial charge in [0.2, 0.25) is 5.91 Å². The normalized spacial score (nSPS) is 9.27. The van der Waals surface area contributed by atoms with Crippen molar-refractivity contribution in [2.24, 2.45) is 22.2 Å². The van der Waals surface area contributed by atoms with E-state index in [1.807, 2.05) is 48.5 Å². The fourth-order valence-electron chi connectivity index (χ4n) is 2.06. The molecule has 0 aliphatic heterocycles. The summed E-state index contributed by atoms with van der Waals surface area (Å²) >= 11 is 0. The molecule has 0 unspecified atom stereocenters. The number of nitrogens with two attached hydrogens (primary N) is 3. The number of hydrogen-bond donors (Lipinski definition) is 5. The number of amides is 1. The Morgan fingerprint density at radius 1 is 0.885 bits per heavy atom. The van der Waals surface area contributed by atoms with Crippen LogP contribution in [0.5, 0.6) is 0 Å².